The maximum absolute atomic E-state index is 12.5. The number of thioether (sulfide) groups is 1. The Morgan fingerprint density at radius 3 is 2.85 bits per heavy atom. The fourth-order valence-corrected chi connectivity index (χ4v) is 3.81. The first-order chi connectivity index (χ1) is 9.41. The molecule has 2 heterocycles. The van der Waals surface area contributed by atoms with Crippen LogP contribution in [0.15, 0.2) is 34.2 Å². The molecule has 0 radical (unpaired) electrons. The van der Waals surface area contributed by atoms with Gasteiger partial charge in [-0.15, -0.1) is 11.8 Å². The number of aliphatic imine (C=N–C) groups is 1. The van der Waals surface area contributed by atoms with Gasteiger partial charge in [0.15, 0.2) is 11.5 Å². The minimum Gasteiger partial charge on any atom is -0.351 e. The molecule has 0 aromatic heterocycles. The van der Waals surface area contributed by atoms with Crippen LogP contribution in [0, 0.1) is 0 Å². The van der Waals surface area contributed by atoms with Gasteiger partial charge in [0.25, 0.3) is 5.91 Å². The molecule has 4 nitrogen and oxygen atoms in total. The van der Waals surface area contributed by atoms with E-state index < -0.39 is 5.54 Å². The highest BCUT2D eigenvalue weighted by Crippen LogP contribution is 2.44. The maximum atomic E-state index is 12.5. The van der Waals surface area contributed by atoms with Crippen molar-refractivity contribution in [1.82, 2.24) is 10.6 Å². The van der Waals surface area contributed by atoms with Gasteiger partial charge in [-0.1, -0.05) is 18.2 Å². The van der Waals surface area contributed by atoms with Gasteiger partial charge in [0.05, 0.1) is 0 Å². The van der Waals surface area contributed by atoms with E-state index >= 15 is 0 Å². The van der Waals surface area contributed by atoms with E-state index in [4.69, 9.17) is 4.99 Å². The van der Waals surface area contributed by atoms with Crippen molar-refractivity contribution in [2.75, 3.05) is 5.75 Å². The molecule has 1 aromatic rings. The highest BCUT2D eigenvalue weighted by atomic mass is 32.2. The average molecular weight is 289 g/mol. The quantitative estimate of drug-likeness (QED) is 0.770. The molecule has 20 heavy (non-hydrogen) atoms. The molecule has 0 aliphatic carbocycles. The lowest BCUT2D eigenvalue weighted by Gasteiger charge is -2.30. The normalized spacial score (nSPS) is 25.1. The number of carbonyl (C=O) groups excluding carboxylic acids is 1. The zero-order valence-electron chi connectivity index (χ0n) is 12.0. The number of hydrogen-bond acceptors (Lipinski definition) is 4. The first-order valence-corrected chi connectivity index (χ1v) is 7.81. The molecule has 2 aliphatic rings. The number of nitrogens with zero attached hydrogens (tertiary/aromatic N) is 1. The summed E-state index contributed by atoms with van der Waals surface area (Å²) in [6.45, 7) is 6.16. The molecule has 106 valence electrons. The molecule has 1 unspecified atom stereocenters. The van der Waals surface area contributed by atoms with Crippen LogP contribution in [0.4, 0.5) is 0 Å². The zero-order chi connectivity index (χ0) is 14.4. The van der Waals surface area contributed by atoms with Crippen molar-refractivity contribution in [3.8, 4) is 0 Å². The third-order valence-corrected chi connectivity index (χ3v) is 4.53. The summed E-state index contributed by atoms with van der Waals surface area (Å²) < 4.78 is 0. The molecular weight excluding hydrogens is 270 g/mol. The maximum Gasteiger partial charge on any atom is 0.259 e. The monoisotopic (exact) mass is 289 g/mol. The van der Waals surface area contributed by atoms with Crippen molar-refractivity contribution in [1.29, 1.82) is 0 Å². The van der Waals surface area contributed by atoms with E-state index in [2.05, 4.69) is 37.5 Å². The first kappa shape index (κ1) is 13.5. The SMILES string of the molecule is CC(C)(C)NC1=NC2(CCSc3ccccc32)C(=O)N1. The Labute approximate surface area is 123 Å². The van der Waals surface area contributed by atoms with Gasteiger partial charge in [-0.25, -0.2) is 4.99 Å². The summed E-state index contributed by atoms with van der Waals surface area (Å²) in [6, 6.07) is 8.07. The summed E-state index contributed by atoms with van der Waals surface area (Å²) in [6.07, 6.45) is 0.746. The van der Waals surface area contributed by atoms with E-state index in [-0.39, 0.29) is 11.4 Å². The fraction of sp³-hybridized carbons (Fsp3) is 0.467. The highest BCUT2D eigenvalue weighted by molar-refractivity contribution is 7.99. The molecule has 1 aromatic carbocycles. The Kier molecular flexibility index (Phi) is 3.05. The number of guanidine groups is 1. The largest absolute Gasteiger partial charge is 0.351 e. The number of nitrogens with one attached hydrogen (secondary N) is 2. The van der Waals surface area contributed by atoms with E-state index in [1.165, 1.54) is 0 Å². The summed E-state index contributed by atoms with van der Waals surface area (Å²) in [5, 5.41) is 6.16. The molecule has 0 saturated heterocycles. The number of fused-ring (bicyclic) bond motifs is 2. The Morgan fingerprint density at radius 2 is 2.10 bits per heavy atom. The van der Waals surface area contributed by atoms with Gasteiger partial charge in [-0.05, 0) is 33.3 Å². The van der Waals surface area contributed by atoms with Crippen molar-refractivity contribution in [2.24, 2.45) is 4.99 Å². The van der Waals surface area contributed by atoms with E-state index in [1.807, 2.05) is 18.2 Å². The molecule has 1 atom stereocenters. The molecule has 0 bridgehead atoms. The summed E-state index contributed by atoms with van der Waals surface area (Å²) in [4.78, 5) is 18.4. The summed E-state index contributed by atoms with van der Waals surface area (Å²) >= 11 is 1.80. The third-order valence-electron chi connectivity index (χ3n) is 3.46. The van der Waals surface area contributed by atoms with Crippen LogP contribution in [0.1, 0.15) is 32.8 Å². The van der Waals surface area contributed by atoms with E-state index in [1.54, 1.807) is 11.8 Å². The fourth-order valence-electron chi connectivity index (χ4n) is 2.62. The smallest absolute Gasteiger partial charge is 0.259 e. The summed E-state index contributed by atoms with van der Waals surface area (Å²) in [5.74, 6) is 1.48. The van der Waals surface area contributed by atoms with Gasteiger partial charge in [0.2, 0.25) is 0 Å². The van der Waals surface area contributed by atoms with Crippen LogP contribution >= 0.6 is 11.8 Å². The van der Waals surface area contributed by atoms with Crippen LogP contribution in [0.3, 0.4) is 0 Å². The number of rotatable bonds is 0. The van der Waals surface area contributed by atoms with Gasteiger partial charge in [0.1, 0.15) is 0 Å². The molecule has 2 N–H and O–H groups in total. The second-order valence-electron chi connectivity index (χ2n) is 6.24. The summed E-state index contributed by atoms with van der Waals surface area (Å²) in [5.41, 5.74) is 0.162. The molecule has 1 amide bonds. The highest BCUT2D eigenvalue weighted by Gasteiger charge is 2.48. The minimum absolute atomic E-state index is 0.0167. The molecule has 0 fully saturated rings. The van der Waals surface area contributed by atoms with Gasteiger partial charge in [-0.2, -0.15) is 0 Å². The van der Waals surface area contributed by atoms with Crippen LogP contribution < -0.4 is 10.6 Å². The lowest BCUT2D eigenvalue weighted by molar-refractivity contribution is -0.124. The van der Waals surface area contributed by atoms with Crippen molar-refractivity contribution in [2.45, 2.75) is 43.2 Å². The van der Waals surface area contributed by atoms with Crippen molar-refractivity contribution < 1.29 is 4.79 Å². The molecule has 0 saturated carbocycles. The predicted octanol–water partition coefficient (Wildman–Crippen LogP) is 2.25. The molecule has 3 rings (SSSR count). The van der Waals surface area contributed by atoms with Crippen LogP contribution in [0.2, 0.25) is 0 Å². The van der Waals surface area contributed by atoms with Crippen molar-refractivity contribution in [3.05, 3.63) is 29.8 Å². The Morgan fingerprint density at radius 1 is 1.35 bits per heavy atom. The first-order valence-electron chi connectivity index (χ1n) is 6.83. The standard InChI is InChI=1S/C15H19N3OS/c1-14(2,3)17-13-16-12(19)15(18-13)8-9-20-11-7-5-4-6-10(11)15/h4-7H,8-9H2,1-3H3,(H2,16,17,18,19). The second-order valence-corrected chi connectivity index (χ2v) is 7.38. The second kappa shape index (κ2) is 4.52. The molecule has 5 heteroatoms. The van der Waals surface area contributed by atoms with Crippen molar-refractivity contribution in [3.63, 3.8) is 0 Å². The van der Waals surface area contributed by atoms with Crippen molar-refractivity contribution >= 4 is 23.6 Å². The lowest BCUT2D eigenvalue weighted by atomic mass is 9.87. The van der Waals surface area contributed by atoms with E-state index in [9.17, 15) is 4.79 Å². The topological polar surface area (TPSA) is 53.5 Å². The molecular formula is C15H19N3OS. The van der Waals surface area contributed by atoms with Crippen LogP contribution in [0.5, 0.6) is 0 Å². The van der Waals surface area contributed by atoms with Crippen LogP contribution in [-0.2, 0) is 10.3 Å². The van der Waals surface area contributed by atoms with Gasteiger partial charge in [-0.3, -0.25) is 10.1 Å². The number of hydrogen-bond donors (Lipinski definition) is 2. The minimum atomic E-state index is -0.741. The molecule has 1 spiro atoms. The van der Waals surface area contributed by atoms with E-state index in [0.717, 1.165) is 22.6 Å². The zero-order valence-corrected chi connectivity index (χ0v) is 12.8. The number of carbonyl (C=O) groups is 1. The van der Waals surface area contributed by atoms with Crippen LogP contribution in [-0.4, -0.2) is 23.2 Å². The van der Waals surface area contributed by atoms with E-state index in [0.29, 0.717) is 5.96 Å². The predicted molar refractivity (Wildman–Crippen MR) is 81.9 cm³/mol. The average Bonchev–Trinajstić information content (AvgIpc) is 2.65. The Balaban J connectivity index is 2.03. The van der Waals surface area contributed by atoms with Crippen LogP contribution in [0.25, 0.3) is 0 Å². The van der Waals surface area contributed by atoms with Gasteiger partial charge in [0, 0.05) is 21.8 Å². The van der Waals surface area contributed by atoms with Gasteiger partial charge < -0.3 is 5.32 Å². The Hall–Kier alpha value is -1.49. The third kappa shape index (κ3) is 2.20. The number of amides is 1. The number of benzene rings is 1. The summed E-state index contributed by atoms with van der Waals surface area (Å²) in [7, 11) is 0. The van der Waals surface area contributed by atoms with Gasteiger partial charge >= 0.3 is 0 Å². The Bertz CT molecular complexity index is 591. The lowest BCUT2D eigenvalue weighted by Crippen LogP contribution is -2.47. The molecule has 2 aliphatic heterocycles.